The van der Waals surface area contributed by atoms with Crippen LogP contribution in [0.15, 0.2) is 54.1 Å². The summed E-state index contributed by atoms with van der Waals surface area (Å²) in [6.45, 7) is 0.114. The number of amides is 1. The van der Waals surface area contributed by atoms with Crippen molar-refractivity contribution in [3.8, 4) is 5.75 Å². The average molecular weight is 415 g/mol. The van der Waals surface area contributed by atoms with Crippen molar-refractivity contribution in [1.29, 1.82) is 0 Å². The molecule has 1 aliphatic rings. The summed E-state index contributed by atoms with van der Waals surface area (Å²) < 4.78 is 23.8. The molecule has 0 aliphatic carbocycles. The van der Waals surface area contributed by atoms with Crippen LogP contribution in [-0.2, 0) is 14.3 Å². The van der Waals surface area contributed by atoms with Gasteiger partial charge in [0.2, 0.25) is 0 Å². The molecular weight excluding hydrogens is 393 g/mol. The van der Waals surface area contributed by atoms with Gasteiger partial charge in [-0.15, -0.1) is 0 Å². The Labute approximate surface area is 173 Å². The molecule has 7 nitrogen and oxygen atoms in total. The highest BCUT2D eigenvalue weighted by atomic mass is 19.1. The highest BCUT2D eigenvalue weighted by Gasteiger charge is 2.46. The predicted octanol–water partition coefficient (Wildman–Crippen LogP) is 2.26. The minimum atomic E-state index is -0.872. The molecule has 1 fully saturated rings. The van der Waals surface area contributed by atoms with Crippen LogP contribution in [0.3, 0.4) is 0 Å². The van der Waals surface area contributed by atoms with Crippen molar-refractivity contribution in [2.45, 2.75) is 6.04 Å². The lowest BCUT2D eigenvalue weighted by atomic mass is 9.95. The van der Waals surface area contributed by atoms with Gasteiger partial charge in [0.15, 0.2) is 0 Å². The van der Waals surface area contributed by atoms with Gasteiger partial charge in [0, 0.05) is 12.1 Å². The number of aliphatic hydroxyl groups excluding tert-OH is 2. The number of likely N-dealkylation sites (tertiary alicyclic amines) is 1. The van der Waals surface area contributed by atoms with Crippen LogP contribution in [0.5, 0.6) is 5.75 Å². The van der Waals surface area contributed by atoms with Crippen molar-refractivity contribution in [2.24, 2.45) is 0 Å². The van der Waals surface area contributed by atoms with Gasteiger partial charge in [-0.3, -0.25) is 9.59 Å². The molecule has 1 heterocycles. The number of carbonyl (C=O) groups is 2. The van der Waals surface area contributed by atoms with E-state index in [4.69, 9.17) is 14.6 Å². The summed E-state index contributed by atoms with van der Waals surface area (Å²) in [6, 6.07) is 11.0. The number of hydrogen-bond donors (Lipinski definition) is 2. The molecule has 0 radical (unpaired) electrons. The van der Waals surface area contributed by atoms with Crippen molar-refractivity contribution in [3.63, 3.8) is 0 Å². The van der Waals surface area contributed by atoms with Crippen LogP contribution >= 0.6 is 0 Å². The molecule has 8 heteroatoms. The van der Waals surface area contributed by atoms with E-state index in [9.17, 15) is 19.1 Å². The number of Topliss-reactive ketones (excluding diaryl/α,β-unsaturated/α-hetero) is 1. The Morgan fingerprint density at radius 2 is 1.87 bits per heavy atom. The molecule has 0 saturated carbocycles. The Hall–Kier alpha value is -3.23. The molecule has 2 aromatic rings. The van der Waals surface area contributed by atoms with Gasteiger partial charge in [-0.2, -0.15) is 0 Å². The number of nitrogens with zero attached hydrogens (tertiary/aromatic N) is 1. The van der Waals surface area contributed by atoms with E-state index in [0.717, 1.165) is 12.1 Å². The minimum Gasteiger partial charge on any atom is -0.507 e. The number of hydrogen-bond acceptors (Lipinski definition) is 6. The van der Waals surface area contributed by atoms with Crippen molar-refractivity contribution < 1.29 is 33.7 Å². The number of rotatable bonds is 8. The van der Waals surface area contributed by atoms with Crippen molar-refractivity contribution >= 4 is 17.4 Å². The first-order valence-electron chi connectivity index (χ1n) is 9.34. The maximum Gasteiger partial charge on any atom is 0.295 e. The Kier molecular flexibility index (Phi) is 6.81. The third-order valence-corrected chi connectivity index (χ3v) is 4.78. The van der Waals surface area contributed by atoms with Gasteiger partial charge in [0.25, 0.3) is 11.7 Å². The van der Waals surface area contributed by atoms with E-state index in [1.165, 1.54) is 24.1 Å². The first-order chi connectivity index (χ1) is 14.5. The average Bonchev–Trinajstić information content (AvgIpc) is 3.01. The van der Waals surface area contributed by atoms with Crippen molar-refractivity contribution in [2.75, 3.05) is 33.5 Å². The molecule has 0 spiro atoms. The number of benzene rings is 2. The SMILES string of the molecule is COc1cccc(C2/C(=C(\O)c3ccc(F)cc3)C(=O)C(=O)N2CCOCCO)c1. The molecule has 0 bridgehead atoms. The monoisotopic (exact) mass is 415 g/mol. The normalized spacial score (nSPS) is 18.1. The number of aliphatic hydroxyl groups is 2. The molecule has 1 atom stereocenters. The number of methoxy groups -OCH3 is 1. The van der Waals surface area contributed by atoms with Crippen LogP contribution in [0, 0.1) is 5.82 Å². The van der Waals surface area contributed by atoms with Gasteiger partial charge in [-0.1, -0.05) is 12.1 Å². The van der Waals surface area contributed by atoms with Crippen molar-refractivity contribution in [1.82, 2.24) is 4.90 Å². The van der Waals surface area contributed by atoms with Gasteiger partial charge in [0.05, 0.1) is 38.5 Å². The maximum atomic E-state index is 13.3. The zero-order valence-electron chi connectivity index (χ0n) is 16.4. The molecular formula is C22H22FNO6. The third kappa shape index (κ3) is 4.34. The fourth-order valence-electron chi connectivity index (χ4n) is 3.36. The van der Waals surface area contributed by atoms with Gasteiger partial charge in [-0.05, 0) is 42.0 Å². The number of carbonyl (C=O) groups excluding carboxylic acids is 2. The van der Waals surface area contributed by atoms with Crippen molar-refractivity contribution in [3.05, 3.63) is 71.0 Å². The van der Waals surface area contributed by atoms with E-state index >= 15 is 0 Å². The van der Waals surface area contributed by atoms with Gasteiger partial charge < -0.3 is 24.6 Å². The quantitative estimate of drug-likeness (QED) is 0.297. The van der Waals surface area contributed by atoms with Crippen LogP contribution in [0.1, 0.15) is 17.2 Å². The minimum absolute atomic E-state index is 0.0760. The van der Waals surface area contributed by atoms with Crippen LogP contribution < -0.4 is 4.74 Å². The second-order valence-electron chi connectivity index (χ2n) is 6.61. The third-order valence-electron chi connectivity index (χ3n) is 4.78. The molecule has 1 saturated heterocycles. The van der Waals surface area contributed by atoms with E-state index in [2.05, 4.69) is 0 Å². The molecule has 3 rings (SSSR count). The first kappa shape index (κ1) is 21.5. The van der Waals surface area contributed by atoms with E-state index in [-0.39, 0.29) is 43.3 Å². The fraction of sp³-hybridized carbons (Fsp3) is 0.273. The lowest BCUT2D eigenvalue weighted by molar-refractivity contribution is -0.140. The van der Waals surface area contributed by atoms with Crippen LogP contribution in [-0.4, -0.2) is 60.3 Å². The second kappa shape index (κ2) is 9.51. The number of ketones is 1. The summed E-state index contributed by atoms with van der Waals surface area (Å²) in [5, 5.41) is 19.7. The van der Waals surface area contributed by atoms with Crippen LogP contribution in [0.2, 0.25) is 0 Å². The standard InChI is InChI=1S/C22H22FNO6/c1-29-17-4-2-3-15(13-17)19-18(20(26)14-5-7-16(23)8-6-14)21(27)22(28)24(19)9-11-30-12-10-25/h2-8,13,19,25-26H,9-12H2,1H3/b20-18+. The van der Waals surface area contributed by atoms with Gasteiger partial charge in [-0.25, -0.2) is 4.39 Å². The van der Waals surface area contributed by atoms with Crippen LogP contribution in [0.25, 0.3) is 5.76 Å². The lowest BCUT2D eigenvalue weighted by Crippen LogP contribution is -2.33. The smallest absolute Gasteiger partial charge is 0.295 e. The summed E-state index contributed by atoms with van der Waals surface area (Å²) in [7, 11) is 1.50. The van der Waals surface area contributed by atoms with Gasteiger partial charge >= 0.3 is 0 Å². The molecule has 1 amide bonds. The predicted molar refractivity (Wildman–Crippen MR) is 106 cm³/mol. The number of ether oxygens (including phenoxy) is 2. The maximum absolute atomic E-state index is 13.3. The zero-order valence-corrected chi connectivity index (χ0v) is 16.4. The van der Waals surface area contributed by atoms with Gasteiger partial charge in [0.1, 0.15) is 17.3 Å². The fourth-order valence-corrected chi connectivity index (χ4v) is 3.36. The molecule has 158 valence electrons. The largest absolute Gasteiger partial charge is 0.507 e. The molecule has 0 aromatic heterocycles. The topological polar surface area (TPSA) is 96.3 Å². The van der Waals surface area contributed by atoms with E-state index in [1.807, 2.05) is 0 Å². The van der Waals surface area contributed by atoms with E-state index in [0.29, 0.717) is 11.3 Å². The highest BCUT2D eigenvalue weighted by Crippen LogP contribution is 2.40. The number of halogens is 1. The summed E-state index contributed by atoms with van der Waals surface area (Å²) in [4.78, 5) is 26.9. The molecule has 2 aromatic carbocycles. The Bertz CT molecular complexity index is 956. The van der Waals surface area contributed by atoms with E-state index in [1.54, 1.807) is 24.3 Å². The first-order valence-corrected chi connectivity index (χ1v) is 9.34. The zero-order chi connectivity index (χ0) is 21.7. The highest BCUT2D eigenvalue weighted by molar-refractivity contribution is 6.46. The summed E-state index contributed by atoms with van der Waals surface area (Å²) in [6.07, 6.45) is 0. The molecule has 1 unspecified atom stereocenters. The molecule has 2 N–H and O–H groups in total. The molecule has 1 aliphatic heterocycles. The second-order valence-corrected chi connectivity index (χ2v) is 6.61. The Morgan fingerprint density at radius 3 is 2.53 bits per heavy atom. The summed E-state index contributed by atoms with van der Waals surface area (Å²) >= 11 is 0. The lowest BCUT2D eigenvalue weighted by Gasteiger charge is -2.25. The Balaban J connectivity index is 2.08. The van der Waals surface area contributed by atoms with E-state index < -0.39 is 23.5 Å². The summed E-state index contributed by atoms with van der Waals surface area (Å²) in [5.74, 6) is -1.97. The Morgan fingerprint density at radius 1 is 1.13 bits per heavy atom. The molecule has 30 heavy (non-hydrogen) atoms. The van der Waals surface area contributed by atoms with Crippen LogP contribution in [0.4, 0.5) is 4.39 Å². The summed E-state index contributed by atoms with van der Waals surface area (Å²) in [5.41, 5.74) is 0.695.